The van der Waals surface area contributed by atoms with E-state index in [-0.39, 0.29) is 5.02 Å². The van der Waals surface area contributed by atoms with Gasteiger partial charge in [-0.1, -0.05) is 17.7 Å². The quantitative estimate of drug-likeness (QED) is 0.712. The molecule has 3 N–H and O–H groups in total. The van der Waals surface area contributed by atoms with Gasteiger partial charge in [0.05, 0.1) is 10.5 Å². The zero-order chi connectivity index (χ0) is 14.8. The van der Waals surface area contributed by atoms with Crippen molar-refractivity contribution in [3.8, 4) is 0 Å². The van der Waals surface area contributed by atoms with Crippen molar-refractivity contribution in [2.75, 3.05) is 11.1 Å². The molecular weight excluding hydrogens is 289 g/mol. The number of halogens is 2. The molecule has 0 aliphatic rings. The lowest BCUT2D eigenvalue weighted by molar-refractivity contribution is 0.627. The van der Waals surface area contributed by atoms with Gasteiger partial charge < -0.3 is 11.1 Å². The van der Waals surface area contributed by atoms with Crippen molar-refractivity contribution in [3.63, 3.8) is 0 Å². The molecule has 1 aromatic heterocycles. The largest absolute Gasteiger partial charge is 0.399 e. The lowest BCUT2D eigenvalue weighted by atomic mass is 10.2. The van der Waals surface area contributed by atoms with Crippen molar-refractivity contribution < 1.29 is 4.39 Å². The molecule has 0 saturated carbocycles. The van der Waals surface area contributed by atoms with Crippen molar-refractivity contribution in [2.24, 2.45) is 0 Å². The number of nitrogens with zero attached hydrogens (tertiary/aromatic N) is 1. The van der Waals surface area contributed by atoms with Gasteiger partial charge in [-0.15, -0.1) is 0 Å². The maximum atomic E-state index is 13.1. The number of nitrogen functional groups attached to an aromatic ring is 1. The highest BCUT2D eigenvalue weighted by molar-refractivity contribution is 6.30. The molecular formula is C16H13ClFN3. The Bertz CT molecular complexity index is 805. The molecule has 0 amide bonds. The van der Waals surface area contributed by atoms with Gasteiger partial charge in [-0.25, -0.2) is 9.37 Å². The van der Waals surface area contributed by atoms with Crippen LogP contribution in [0.2, 0.25) is 5.02 Å². The SMILES string of the molecule is Nc1ccc2nc(NCc3ccc(F)c(Cl)c3)ccc2c1. The molecule has 0 fully saturated rings. The number of nitrogens with one attached hydrogen (secondary N) is 1. The van der Waals surface area contributed by atoms with Gasteiger partial charge in [0, 0.05) is 17.6 Å². The number of rotatable bonds is 3. The highest BCUT2D eigenvalue weighted by Crippen LogP contribution is 2.19. The van der Waals surface area contributed by atoms with Gasteiger partial charge in [0.15, 0.2) is 0 Å². The smallest absolute Gasteiger partial charge is 0.141 e. The molecule has 1 heterocycles. The molecule has 0 atom stereocenters. The third-order valence-corrected chi connectivity index (χ3v) is 3.46. The number of fused-ring (bicyclic) bond motifs is 1. The van der Waals surface area contributed by atoms with E-state index in [0.717, 1.165) is 22.3 Å². The fourth-order valence-electron chi connectivity index (χ4n) is 2.08. The molecule has 0 aliphatic heterocycles. The molecule has 3 rings (SSSR count). The van der Waals surface area contributed by atoms with Gasteiger partial charge in [-0.3, -0.25) is 0 Å². The molecule has 0 unspecified atom stereocenters. The first-order valence-corrected chi connectivity index (χ1v) is 6.84. The van der Waals surface area contributed by atoms with Crippen molar-refractivity contribution in [1.29, 1.82) is 0 Å². The molecule has 3 aromatic rings. The molecule has 21 heavy (non-hydrogen) atoms. The van der Waals surface area contributed by atoms with Crippen LogP contribution >= 0.6 is 11.6 Å². The Balaban J connectivity index is 1.78. The molecule has 5 heteroatoms. The van der Waals surface area contributed by atoms with E-state index in [4.69, 9.17) is 17.3 Å². The van der Waals surface area contributed by atoms with Gasteiger partial charge >= 0.3 is 0 Å². The van der Waals surface area contributed by atoms with Crippen LogP contribution < -0.4 is 11.1 Å². The van der Waals surface area contributed by atoms with E-state index in [9.17, 15) is 4.39 Å². The van der Waals surface area contributed by atoms with Crippen LogP contribution in [0.25, 0.3) is 10.9 Å². The maximum absolute atomic E-state index is 13.1. The second kappa shape index (κ2) is 5.58. The first kappa shape index (κ1) is 13.6. The van der Waals surface area contributed by atoms with Crippen molar-refractivity contribution >= 4 is 34.0 Å². The average Bonchev–Trinajstić information content (AvgIpc) is 2.48. The van der Waals surface area contributed by atoms with E-state index < -0.39 is 5.82 Å². The monoisotopic (exact) mass is 301 g/mol. The Hall–Kier alpha value is -2.33. The van der Waals surface area contributed by atoms with E-state index in [1.807, 2.05) is 30.3 Å². The van der Waals surface area contributed by atoms with Crippen molar-refractivity contribution in [3.05, 3.63) is 64.9 Å². The third kappa shape index (κ3) is 3.06. The van der Waals surface area contributed by atoms with E-state index in [2.05, 4.69) is 10.3 Å². The topological polar surface area (TPSA) is 50.9 Å². The van der Waals surface area contributed by atoms with E-state index in [1.54, 1.807) is 12.1 Å². The first-order chi connectivity index (χ1) is 10.1. The van der Waals surface area contributed by atoms with Crippen LogP contribution in [-0.2, 0) is 6.54 Å². The Morgan fingerprint density at radius 1 is 1.10 bits per heavy atom. The van der Waals surface area contributed by atoms with Gasteiger partial charge in [-0.05, 0) is 48.0 Å². The number of hydrogen-bond donors (Lipinski definition) is 2. The zero-order valence-corrected chi connectivity index (χ0v) is 11.9. The zero-order valence-electron chi connectivity index (χ0n) is 11.1. The lowest BCUT2D eigenvalue weighted by Crippen LogP contribution is -2.01. The summed E-state index contributed by atoms with van der Waals surface area (Å²) in [6.07, 6.45) is 0. The number of aromatic nitrogens is 1. The number of benzene rings is 2. The third-order valence-electron chi connectivity index (χ3n) is 3.17. The Morgan fingerprint density at radius 2 is 1.95 bits per heavy atom. The number of nitrogens with two attached hydrogens (primary N) is 1. The predicted octanol–water partition coefficient (Wildman–Crippen LogP) is 4.22. The van der Waals surface area contributed by atoms with Crippen molar-refractivity contribution in [2.45, 2.75) is 6.54 Å². The van der Waals surface area contributed by atoms with Gasteiger partial charge in [0.25, 0.3) is 0 Å². The number of hydrogen-bond acceptors (Lipinski definition) is 3. The summed E-state index contributed by atoms with van der Waals surface area (Å²) in [6, 6.07) is 14.1. The highest BCUT2D eigenvalue weighted by Gasteiger charge is 2.02. The normalized spacial score (nSPS) is 10.8. The van der Waals surface area contributed by atoms with Crippen LogP contribution in [0.1, 0.15) is 5.56 Å². The molecule has 2 aromatic carbocycles. The Morgan fingerprint density at radius 3 is 2.76 bits per heavy atom. The molecule has 0 spiro atoms. The van der Waals surface area contributed by atoms with E-state index in [0.29, 0.717) is 12.2 Å². The first-order valence-electron chi connectivity index (χ1n) is 6.46. The fraction of sp³-hybridized carbons (Fsp3) is 0.0625. The average molecular weight is 302 g/mol. The summed E-state index contributed by atoms with van der Waals surface area (Å²) in [6.45, 7) is 0.521. The Kier molecular flexibility index (Phi) is 3.62. The molecule has 0 saturated heterocycles. The molecule has 0 aliphatic carbocycles. The lowest BCUT2D eigenvalue weighted by Gasteiger charge is -2.08. The summed E-state index contributed by atoms with van der Waals surface area (Å²) < 4.78 is 13.1. The minimum Gasteiger partial charge on any atom is -0.399 e. The standard InChI is InChI=1S/C16H13ClFN3/c17-13-7-10(1-4-14(13)18)9-20-16-6-2-11-8-12(19)3-5-15(11)21-16/h1-8H,9,19H2,(H,20,21). The van der Waals surface area contributed by atoms with Crippen LogP contribution in [0, 0.1) is 5.82 Å². The summed E-state index contributed by atoms with van der Waals surface area (Å²) in [5, 5.41) is 4.30. The predicted molar refractivity (Wildman–Crippen MR) is 84.9 cm³/mol. The minimum atomic E-state index is -0.415. The van der Waals surface area contributed by atoms with E-state index in [1.165, 1.54) is 6.07 Å². The van der Waals surface area contributed by atoms with Crippen LogP contribution in [-0.4, -0.2) is 4.98 Å². The van der Waals surface area contributed by atoms with Crippen molar-refractivity contribution in [1.82, 2.24) is 4.98 Å². The van der Waals surface area contributed by atoms with Crippen LogP contribution in [0.15, 0.2) is 48.5 Å². The van der Waals surface area contributed by atoms with Gasteiger partial charge in [-0.2, -0.15) is 0 Å². The van der Waals surface area contributed by atoms with Crippen LogP contribution in [0.3, 0.4) is 0 Å². The summed E-state index contributed by atoms with van der Waals surface area (Å²) in [5.41, 5.74) is 8.21. The van der Waals surface area contributed by atoms with Gasteiger partial charge in [0.2, 0.25) is 0 Å². The molecule has 0 radical (unpaired) electrons. The van der Waals surface area contributed by atoms with Crippen LogP contribution in [0.5, 0.6) is 0 Å². The molecule has 3 nitrogen and oxygen atoms in total. The maximum Gasteiger partial charge on any atom is 0.141 e. The van der Waals surface area contributed by atoms with E-state index >= 15 is 0 Å². The second-order valence-corrected chi connectivity index (χ2v) is 5.16. The Labute approximate surface area is 126 Å². The molecule has 0 bridgehead atoms. The summed E-state index contributed by atoms with van der Waals surface area (Å²) in [4.78, 5) is 4.50. The number of pyridine rings is 1. The summed E-state index contributed by atoms with van der Waals surface area (Å²) in [5.74, 6) is 0.328. The fourth-order valence-corrected chi connectivity index (χ4v) is 2.29. The summed E-state index contributed by atoms with van der Waals surface area (Å²) in [7, 11) is 0. The van der Waals surface area contributed by atoms with Gasteiger partial charge in [0.1, 0.15) is 11.6 Å². The second-order valence-electron chi connectivity index (χ2n) is 4.75. The molecule has 106 valence electrons. The summed E-state index contributed by atoms with van der Waals surface area (Å²) >= 11 is 5.76. The highest BCUT2D eigenvalue weighted by atomic mass is 35.5. The minimum absolute atomic E-state index is 0.122. The van der Waals surface area contributed by atoms with Crippen LogP contribution in [0.4, 0.5) is 15.9 Å². The number of anilines is 2.